The first-order valence-electron chi connectivity index (χ1n) is 6.65. The van der Waals surface area contributed by atoms with Crippen molar-refractivity contribution >= 4 is 17.3 Å². The van der Waals surface area contributed by atoms with Gasteiger partial charge >= 0.3 is 0 Å². The second kappa shape index (κ2) is 5.39. The predicted molar refractivity (Wildman–Crippen MR) is 75.6 cm³/mol. The summed E-state index contributed by atoms with van der Waals surface area (Å²) in [5, 5.41) is 2.70. The van der Waals surface area contributed by atoms with E-state index in [4.69, 9.17) is 0 Å². The van der Waals surface area contributed by atoms with Crippen LogP contribution in [0.2, 0.25) is 0 Å². The second-order valence-electron chi connectivity index (χ2n) is 5.34. The monoisotopic (exact) mass is 257 g/mol. The van der Waals surface area contributed by atoms with Crippen molar-refractivity contribution in [1.82, 2.24) is 5.32 Å². The van der Waals surface area contributed by atoms with Crippen LogP contribution in [0.15, 0.2) is 30.0 Å². The van der Waals surface area contributed by atoms with Gasteiger partial charge in [-0.1, -0.05) is 38.1 Å². The van der Waals surface area contributed by atoms with E-state index in [2.05, 4.69) is 19.2 Å². The Morgan fingerprint density at radius 3 is 2.42 bits per heavy atom. The number of carbonyl (C=O) groups excluding carboxylic acids is 2. The normalized spacial score (nSPS) is 14.0. The maximum absolute atomic E-state index is 12.3. The summed E-state index contributed by atoms with van der Waals surface area (Å²) in [5.41, 5.74) is 3.11. The minimum atomic E-state index is -0.196. The fourth-order valence-corrected chi connectivity index (χ4v) is 2.35. The Bertz CT molecular complexity index is 556. The lowest BCUT2D eigenvalue weighted by atomic mass is 9.98. The average molecular weight is 257 g/mol. The molecule has 1 aliphatic rings. The third-order valence-electron chi connectivity index (χ3n) is 3.30. The zero-order valence-electron chi connectivity index (χ0n) is 11.6. The standard InChI is InChI=1S/C16H19NO2/c1-10(2)8-9-13-12-6-4-5-7-14(12)16(19)15(13)17-11(3)18/h4-7,10H,8-9H2,1-3H3,(H,17,18,19). The molecule has 0 saturated carbocycles. The van der Waals surface area contributed by atoms with Gasteiger partial charge in [-0.2, -0.15) is 0 Å². The van der Waals surface area contributed by atoms with Crippen LogP contribution in [0.3, 0.4) is 0 Å². The highest BCUT2D eigenvalue weighted by Crippen LogP contribution is 2.35. The van der Waals surface area contributed by atoms with E-state index in [1.165, 1.54) is 6.92 Å². The van der Waals surface area contributed by atoms with Crippen LogP contribution in [0.25, 0.3) is 5.57 Å². The summed E-state index contributed by atoms with van der Waals surface area (Å²) in [7, 11) is 0. The third kappa shape index (κ3) is 2.75. The second-order valence-corrected chi connectivity index (χ2v) is 5.34. The third-order valence-corrected chi connectivity index (χ3v) is 3.30. The molecule has 0 spiro atoms. The van der Waals surface area contributed by atoms with Crippen LogP contribution >= 0.6 is 0 Å². The fourth-order valence-electron chi connectivity index (χ4n) is 2.35. The summed E-state index contributed by atoms with van der Waals surface area (Å²) in [6.45, 7) is 5.74. The van der Waals surface area contributed by atoms with Gasteiger partial charge in [0, 0.05) is 12.5 Å². The zero-order valence-corrected chi connectivity index (χ0v) is 11.6. The van der Waals surface area contributed by atoms with E-state index in [0.717, 1.165) is 24.0 Å². The Labute approximate surface area is 113 Å². The summed E-state index contributed by atoms with van der Waals surface area (Å²) in [6.07, 6.45) is 1.82. The van der Waals surface area contributed by atoms with Crippen LogP contribution in [0.1, 0.15) is 49.5 Å². The number of allylic oxidation sites excluding steroid dienone is 2. The van der Waals surface area contributed by atoms with Crippen LogP contribution in [-0.2, 0) is 4.79 Å². The first kappa shape index (κ1) is 13.5. The molecule has 3 heteroatoms. The molecule has 0 atom stereocenters. The van der Waals surface area contributed by atoms with E-state index in [1.807, 2.05) is 24.3 Å². The van der Waals surface area contributed by atoms with Gasteiger partial charge in [0.15, 0.2) is 0 Å². The van der Waals surface area contributed by atoms with Crippen LogP contribution < -0.4 is 5.32 Å². The van der Waals surface area contributed by atoms with Gasteiger partial charge < -0.3 is 5.32 Å². The van der Waals surface area contributed by atoms with Crippen molar-refractivity contribution in [2.75, 3.05) is 0 Å². The van der Waals surface area contributed by atoms with Crippen molar-refractivity contribution in [3.05, 3.63) is 41.1 Å². The molecule has 100 valence electrons. The molecule has 0 bridgehead atoms. The number of Topliss-reactive ketones (excluding diaryl/α,β-unsaturated/α-hetero) is 1. The van der Waals surface area contributed by atoms with Gasteiger partial charge in [0.25, 0.3) is 0 Å². The number of carbonyl (C=O) groups is 2. The highest BCUT2D eigenvalue weighted by atomic mass is 16.2. The summed E-state index contributed by atoms with van der Waals surface area (Å²) in [4.78, 5) is 23.6. The fraction of sp³-hybridized carbons (Fsp3) is 0.375. The first-order chi connectivity index (χ1) is 9.00. The largest absolute Gasteiger partial charge is 0.323 e. The van der Waals surface area contributed by atoms with Crippen molar-refractivity contribution in [1.29, 1.82) is 0 Å². The average Bonchev–Trinajstić information content (AvgIpc) is 2.61. The molecular weight excluding hydrogens is 238 g/mol. The van der Waals surface area contributed by atoms with Crippen LogP contribution in [0, 0.1) is 5.92 Å². The molecule has 1 aromatic carbocycles. The number of amides is 1. The molecule has 19 heavy (non-hydrogen) atoms. The summed E-state index contributed by atoms with van der Waals surface area (Å²) in [6, 6.07) is 7.56. The van der Waals surface area contributed by atoms with Gasteiger partial charge in [-0.15, -0.1) is 0 Å². The van der Waals surface area contributed by atoms with Crippen molar-refractivity contribution in [3.63, 3.8) is 0 Å². The number of ketones is 1. The number of hydrogen-bond donors (Lipinski definition) is 1. The zero-order chi connectivity index (χ0) is 14.0. The van der Waals surface area contributed by atoms with Crippen molar-refractivity contribution < 1.29 is 9.59 Å². The molecule has 0 aliphatic heterocycles. The van der Waals surface area contributed by atoms with Gasteiger partial charge in [0.1, 0.15) is 0 Å². The van der Waals surface area contributed by atoms with Crippen LogP contribution in [-0.4, -0.2) is 11.7 Å². The Kier molecular flexibility index (Phi) is 3.84. The molecule has 0 aromatic heterocycles. The van der Waals surface area contributed by atoms with Crippen LogP contribution in [0.4, 0.5) is 0 Å². The SMILES string of the molecule is CC(=O)NC1=C(CCC(C)C)c2ccccc2C1=O. The Balaban J connectivity index is 2.40. The predicted octanol–water partition coefficient (Wildman–Crippen LogP) is 3.17. The molecule has 1 aliphatic carbocycles. The number of benzene rings is 1. The number of fused-ring (bicyclic) bond motifs is 1. The lowest BCUT2D eigenvalue weighted by Gasteiger charge is -2.09. The number of hydrogen-bond acceptors (Lipinski definition) is 2. The quantitative estimate of drug-likeness (QED) is 0.900. The van der Waals surface area contributed by atoms with Crippen molar-refractivity contribution in [3.8, 4) is 0 Å². The number of nitrogens with one attached hydrogen (secondary N) is 1. The summed E-state index contributed by atoms with van der Waals surface area (Å²) < 4.78 is 0. The molecule has 1 amide bonds. The maximum atomic E-state index is 12.3. The Morgan fingerprint density at radius 1 is 1.21 bits per heavy atom. The van der Waals surface area contributed by atoms with Gasteiger partial charge in [-0.05, 0) is 29.9 Å². The Morgan fingerprint density at radius 2 is 1.84 bits per heavy atom. The maximum Gasteiger partial charge on any atom is 0.221 e. The molecule has 0 radical (unpaired) electrons. The lowest BCUT2D eigenvalue weighted by molar-refractivity contribution is -0.118. The van der Waals surface area contributed by atoms with E-state index >= 15 is 0 Å². The van der Waals surface area contributed by atoms with E-state index in [9.17, 15) is 9.59 Å². The molecule has 0 saturated heterocycles. The van der Waals surface area contributed by atoms with E-state index in [1.54, 1.807) is 0 Å². The molecule has 0 fully saturated rings. The lowest BCUT2D eigenvalue weighted by Crippen LogP contribution is -2.23. The first-order valence-corrected chi connectivity index (χ1v) is 6.65. The summed E-state index contributed by atoms with van der Waals surface area (Å²) in [5.74, 6) is 0.303. The summed E-state index contributed by atoms with van der Waals surface area (Å²) >= 11 is 0. The van der Waals surface area contributed by atoms with Gasteiger partial charge in [-0.3, -0.25) is 9.59 Å². The number of rotatable bonds is 4. The van der Waals surface area contributed by atoms with Gasteiger partial charge in [0.2, 0.25) is 11.7 Å². The van der Waals surface area contributed by atoms with E-state index in [0.29, 0.717) is 17.2 Å². The molecule has 0 unspecified atom stereocenters. The molecule has 0 heterocycles. The topological polar surface area (TPSA) is 46.2 Å². The van der Waals surface area contributed by atoms with Crippen molar-refractivity contribution in [2.45, 2.75) is 33.6 Å². The highest BCUT2D eigenvalue weighted by Gasteiger charge is 2.29. The Hall–Kier alpha value is -1.90. The minimum Gasteiger partial charge on any atom is -0.323 e. The minimum absolute atomic E-state index is 0.0652. The van der Waals surface area contributed by atoms with E-state index < -0.39 is 0 Å². The van der Waals surface area contributed by atoms with Crippen molar-refractivity contribution in [2.24, 2.45) is 5.92 Å². The van der Waals surface area contributed by atoms with Gasteiger partial charge in [-0.25, -0.2) is 0 Å². The molecular formula is C16H19NO2. The molecule has 1 aromatic rings. The highest BCUT2D eigenvalue weighted by molar-refractivity contribution is 6.21. The smallest absolute Gasteiger partial charge is 0.221 e. The molecule has 3 nitrogen and oxygen atoms in total. The van der Waals surface area contributed by atoms with Crippen LogP contribution in [0.5, 0.6) is 0 Å². The molecule has 1 N–H and O–H groups in total. The van der Waals surface area contributed by atoms with E-state index in [-0.39, 0.29) is 11.7 Å². The molecule has 2 rings (SSSR count). The van der Waals surface area contributed by atoms with Gasteiger partial charge in [0.05, 0.1) is 5.70 Å².